The van der Waals surface area contributed by atoms with Crippen LogP contribution in [0.5, 0.6) is 0 Å². The van der Waals surface area contributed by atoms with E-state index in [2.05, 4.69) is 41.2 Å². The molecule has 140 valence electrons. The second-order valence-corrected chi connectivity index (χ2v) is 8.75. The molecule has 1 N–H and O–H groups in total. The van der Waals surface area contributed by atoms with Gasteiger partial charge in [-0.1, -0.05) is 19.3 Å². The largest absolute Gasteiger partial charge is 0.315 e. The maximum absolute atomic E-state index is 3.68. The van der Waals surface area contributed by atoms with E-state index < -0.39 is 0 Å². The van der Waals surface area contributed by atoms with Crippen LogP contribution in [-0.4, -0.2) is 86.7 Å². The topological polar surface area (TPSA) is 21.8 Å². The summed E-state index contributed by atoms with van der Waals surface area (Å²) in [7, 11) is 7.06. The molecule has 24 heavy (non-hydrogen) atoms. The smallest absolute Gasteiger partial charge is 0.0261 e. The first kappa shape index (κ1) is 18.6. The van der Waals surface area contributed by atoms with Crippen molar-refractivity contribution in [2.24, 2.45) is 5.92 Å². The Morgan fingerprint density at radius 2 is 1.62 bits per heavy atom. The fourth-order valence-corrected chi connectivity index (χ4v) is 5.30. The van der Waals surface area contributed by atoms with Gasteiger partial charge in [-0.15, -0.1) is 0 Å². The predicted octanol–water partition coefficient (Wildman–Crippen LogP) is 2.26. The number of piperidine rings is 2. The molecule has 4 heteroatoms. The van der Waals surface area contributed by atoms with Crippen LogP contribution in [0.25, 0.3) is 0 Å². The number of hydrogen-bond acceptors (Lipinski definition) is 4. The molecule has 4 nitrogen and oxygen atoms in total. The lowest BCUT2D eigenvalue weighted by Gasteiger charge is -2.46. The van der Waals surface area contributed by atoms with Gasteiger partial charge < -0.3 is 15.1 Å². The minimum absolute atomic E-state index is 0.721. The van der Waals surface area contributed by atoms with Gasteiger partial charge in [-0.25, -0.2) is 0 Å². The van der Waals surface area contributed by atoms with Crippen molar-refractivity contribution >= 4 is 0 Å². The van der Waals surface area contributed by atoms with Crippen LogP contribution in [-0.2, 0) is 0 Å². The lowest BCUT2D eigenvalue weighted by molar-refractivity contribution is 0.0438. The number of likely N-dealkylation sites (tertiary alicyclic amines) is 1. The first-order chi connectivity index (χ1) is 11.6. The molecule has 2 unspecified atom stereocenters. The van der Waals surface area contributed by atoms with E-state index in [4.69, 9.17) is 0 Å². The summed E-state index contributed by atoms with van der Waals surface area (Å²) < 4.78 is 0. The van der Waals surface area contributed by atoms with Gasteiger partial charge in [-0.05, 0) is 78.8 Å². The number of hydrogen-bond donors (Lipinski definition) is 1. The van der Waals surface area contributed by atoms with Crippen molar-refractivity contribution < 1.29 is 0 Å². The molecular weight excluding hydrogens is 296 g/mol. The van der Waals surface area contributed by atoms with Crippen LogP contribution < -0.4 is 5.32 Å². The summed E-state index contributed by atoms with van der Waals surface area (Å²) in [5, 5.41) is 3.68. The predicted molar refractivity (Wildman–Crippen MR) is 103 cm³/mol. The Hall–Kier alpha value is -0.160. The Morgan fingerprint density at radius 3 is 2.33 bits per heavy atom. The third-order valence-electron chi connectivity index (χ3n) is 7.10. The summed E-state index contributed by atoms with van der Waals surface area (Å²) in [6, 6.07) is 2.36. The average Bonchev–Trinajstić information content (AvgIpc) is 2.63. The van der Waals surface area contributed by atoms with Crippen LogP contribution in [0.15, 0.2) is 0 Å². The van der Waals surface area contributed by atoms with Gasteiger partial charge in [0.05, 0.1) is 0 Å². The summed E-state index contributed by atoms with van der Waals surface area (Å²) in [4.78, 5) is 7.95. The summed E-state index contributed by atoms with van der Waals surface area (Å²) in [6.45, 7) is 6.23. The van der Waals surface area contributed by atoms with Gasteiger partial charge >= 0.3 is 0 Å². The lowest BCUT2D eigenvalue weighted by atomic mass is 9.87. The van der Waals surface area contributed by atoms with E-state index in [1.54, 1.807) is 0 Å². The maximum Gasteiger partial charge on any atom is 0.0261 e. The fraction of sp³-hybridized carbons (Fsp3) is 1.00. The molecule has 3 aliphatic rings. The highest BCUT2D eigenvalue weighted by Gasteiger charge is 2.34. The zero-order valence-corrected chi connectivity index (χ0v) is 16.3. The van der Waals surface area contributed by atoms with Gasteiger partial charge in [-0.3, -0.25) is 4.90 Å². The number of likely N-dealkylation sites (N-methyl/N-ethyl adjacent to an activating group) is 1. The number of nitrogens with one attached hydrogen (secondary N) is 1. The highest BCUT2D eigenvalue weighted by Crippen LogP contribution is 2.27. The van der Waals surface area contributed by atoms with Crippen molar-refractivity contribution in [3.63, 3.8) is 0 Å². The average molecular weight is 337 g/mol. The summed E-state index contributed by atoms with van der Waals surface area (Å²) in [5.41, 5.74) is 0. The van der Waals surface area contributed by atoms with Crippen molar-refractivity contribution in [1.29, 1.82) is 0 Å². The molecule has 2 saturated heterocycles. The molecule has 0 bridgehead atoms. The van der Waals surface area contributed by atoms with Gasteiger partial charge in [0.1, 0.15) is 0 Å². The summed E-state index contributed by atoms with van der Waals surface area (Å²) >= 11 is 0. The Balaban J connectivity index is 1.56. The first-order valence-corrected chi connectivity index (χ1v) is 10.5. The first-order valence-electron chi connectivity index (χ1n) is 10.5. The Labute approximate surface area is 149 Å². The molecule has 0 aromatic rings. The molecule has 0 aromatic carbocycles. The Morgan fingerprint density at radius 1 is 0.917 bits per heavy atom. The van der Waals surface area contributed by atoms with Crippen molar-refractivity contribution in [2.45, 2.75) is 69.5 Å². The van der Waals surface area contributed by atoms with Gasteiger partial charge in [0, 0.05) is 31.2 Å². The minimum atomic E-state index is 0.721. The number of rotatable bonds is 5. The second kappa shape index (κ2) is 8.98. The molecule has 3 fully saturated rings. The summed E-state index contributed by atoms with van der Waals surface area (Å²) in [6.07, 6.45) is 11.2. The Kier molecular flexibility index (Phi) is 6.97. The van der Waals surface area contributed by atoms with E-state index in [0.717, 1.165) is 24.0 Å². The van der Waals surface area contributed by atoms with E-state index >= 15 is 0 Å². The zero-order chi connectivity index (χ0) is 16.9. The highest BCUT2D eigenvalue weighted by molar-refractivity contribution is 4.91. The van der Waals surface area contributed by atoms with Crippen LogP contribution in [0.2, 0.25) is 0 Å². The van der Waals surface area contributed by atoms with E-state index in [9.17, 15) is 0 Å². The molecule has 3 rings (SSSR count). The van der Waals surface area contributed by atoms with Crippen LogP contribution in [0.4, 0.5) is 0 Å². The maximum atomic E-state index is 3.68. The fourth-order valence-electron chi connectivity index (χ4n) is 5.30. The van der Waals surface area contributed by atoms with Crippen LogP contribution in [0.1, 0.15) is 51.4 Å². The third kappa shape index (κ3) is 4.72. The van der Waals surface area contributed by atoms with Crippen molar-refractivity contribution in [2.75, 3.05) is 53.9 Å². The zero-order valence-electron chi connectivity index (χ0n) is 16.3. The SMILES string of the molecule is CN1CCC(N(C)C2CNCCC2CN(C)C2CCCCC2)CC1. The van der Waals surface area contributed by atoms with E-state index in [-0.39, 0.29) is 0 Å². The molecular formula is C20H40N4. The summed E-state index contributed by atoms with van der Waals surface area (Å²) in [5.74, 6) is 0.836. The van der Waals surface area contributed by atoms with E-state index in [1.165, 1.54) is 84.1 Å². The monoisotopic (exact) mass is 336 g/mol. The van der Waals surface area contributed by atoms with Gasteiger partial charge in [-0.2, -0.15) is 0 Å². The molecule has 2 atom stereocenters. The van der Waals surface area contributed by atoms with Gasteiger partial charge in [0.25, 0.3) is 0 Å². The molecule has 2 heterocycles. The Bertz CT molecular complexity index is 361. The van der Waals surface area contributed by atoms with Crippen molar-refractivity contribution in [3.8, 4) is 0 Å². The third-order valence-corrected chi connectivity index (χ3v) is 7.10. The van der Waals surface area contributed by atoms with Gasteiger partial charge in [0.2, 0.25) is 0 Å². The quantitative estimate of drug-likeness (QED) is 0.831. The van der Waals surface area contributed by atoms with Crippen molar-refractivity contribution in [1.82, 2.24) is 20.0 Å². The molecule has 0 radical (unpaired) electrons. The minimum Gasteiger partial charge on any atom is -0.315 e. The molecule has 1 aliphatic carbocycles. The van der Waals surface area contributed by atoms with Crippen molar-refractivity contribution in [3.05, 3.63) is 0 Å². The standard InChI is InChI=1S/C20H40N4/c1-22-13-10-19(11-14-22)24(3)20-15-21-12-9-17(20)16-23(2)18-7-5-4-6-8-18/h17-21H,4-16H2,1-3H3. The molecule has 0 aromatic heterocycles. The van der Waals surface area contributed by atoms with Gasteiger partial charge in [0.15, 0.2) is 0 Å². The lowest BCUT2D eigenvalue weighted by Crippen LogP contribution is -2.57. The van der Waals surface area contributed by atoms with Crippen LogP contribution in [0.3, 0.4) is 0 Å². The van der Waals surface area contributed by atoms with E-state index in [1.807, 2.05) is 0 Å². The normalized spacial score (nSPS) is 31.9. The molecule has 1 saturated carbocycles. The van der Waals surface area contributed by atoms with Crippen LogP contribution in [0, 0.1) is 5.92 Å². The molecule has 2 aliphatic heterocycles. The van der Waals surface area contributed by atoms with E-state index in [0.29, 0.717) is 0 Å². The molecule has 0 spiro atoms. The van der Waals surface area contributed by atoms with Crippen LogP contribution >= 0.6 is 0 Å². The number of nitrogens with zero attached hydrogens (tertiary/aromatic N) is 3. The highest BCUT2D eigenvalue weighted by atomic mass is 15.2. The second-order valence-electron chi connectivity index (χ2n) is 8.75. The molecule has 0 amide bonds.